The summed E-state index contributed by atoms with van der Waals surface area (Å²) in [5.41, 5.74) is 4.43. The second-order valence-electron chi connectivity index (χ2n) is 6.40. The maximum atomic E-state index is 11.4. The molecule has 0 unspecified atom stereocenters. The van der Waals surface area contributed by atoms with Crippen LogP contribution in [0.2, 0.25) is 0 Å². The van der Waals surface area contributed by atoms with Gasteiger partial charge in [-0.15, -0.1) is 0 Å². The molecule has 136 valence electrons. The van der Waals surface area contributed by atoms with E-state index in [0.29, 0.717) is 6.61 Å². The van der Waals surface area contributed by atoms with Gasteiger partial charge >= 0.3 is 5.97 Å². The van der Waals surface area contributed by atoms with Crippen LogP contribution in [-0.2, 0) is 6.61 Å². The average molecular weight is 351 g/mol. The topological polar surface area (TPSA) is 49.8 Å². The Morgan fingerprint density at radius 3 is 2.65 bits per heavy atom. The number of benzene rings is 2. The minimum Gasteiger partial charge on any atom is -0.488 e. The second-order valence-corrected chi connectivity index (χ2v) is 6.40. The molecule has 0 spiro atoms. The van der Waals surface area contributed by atoms with Gasteiger partial charge in [-0.05, 0) is 54.4 Å². The standard InChI is InChI=1S/C22H25NO3/c1-3-23(4-2)13-7-10-19-18-9-6-5-8-17(18)15-26-21-12-11-16(22(24)25)14-20(19)21/h5-6,8-12,14H,3-4,7,13,15H2,1-2H3,(H,24,25)/b19-10-. The van der Waals surface area contributed by atoms with Crippen molar-refractivity contribution in [2.24, 2.45) is 0 Å². The predicted octanol–water partition coefficient (Wildman–Crippen LogP) is 4.44. The molecule has 1 N–H and O–H groups in total. The van der Waals surface area contributed by atoms with Gasteiger partial charge in [-0.1, -0.05) is 44.2 Å². The molecule has 2 aromatic carbocycles. The minimum absolute atomic E-state index is 0.279. The molecule has 2 aromatic rings. The number of aromatic carboxylic acids is 1. The Kier molecular flexibility index (Phi) is 5.74. The Morgan fingerprint density at radius 1 is 1.15 bits per heavy atom. The van der Waals surface area contributed by atoms with Crippen LogP contribution in [0.3, 0.4) is 0 Å². The molecule has 0 fully saturated rings. The van der Waals surface area contributed by atoms with Crippen LogP contribution < -0.4 is 4.74 Å². The average Bonchev–Trinajstić information content (AvgIpc) is 2.82. The summed E-state index contributed by atoms with van der Waals surface area (Å²) in [4.78, 5) is 13.8. The largest absolute Gasteiger partial charge is 0.488 e. The van der Waals surface area contributed by atoms with E-state index < -0.39 is 5.97 Å². The lowest BCUT2D eigenvalue weighted by Crippen LogP contribution is -2.23. The summed E-state index contributed by atoms with van der Waals surface area (Å²) in [6, 6.07) is 13.3. The summed E-state index contributed by atoms with van der Waals surface area (Å²) in [5.74, 6) is -0.187. The van der Waals surface area contributed by atoms with Gasteiger partial charge in [-0.2, -0.15) is 0 Å². The molecule has 26 heavy (non-hydrogen) atoms. The van der Waals surface area contributed by atoms with Crippen molar-refractivity contribution in [1.29, 1.82) is 0 Å². The maximum Gasteiger partial charge on any atom is 0.335 e. The van der Waals surface area contributed by atoms with Crippen molar-refractivity contribution in [1.82, 2.24) is 4.90 Å². The molecule has 1 aliphatic heterocycles. The molecular weight excluding hydrogens is 326 g/mol. The molecule has 4 heteroatoms. The predicted molar refractivity (Wildman–Crippen MR) is 104 cm³/mol. The summed E-state index contributed by atoms with van der Waals surface area (Å²) < 4.78 is 5.97. The first-order chi connectivity index (χ1) is 12.6. The number of carboxylic acid groups (broad SMARTS) is 1. The quantitative estimate of drug-likeness (QED) is 0.836. The highest BCUT2D eigenvalue weighted by molar-refractivity contribution is 5.92. The van der Waals surface area contributed by atoms with E-state index in [1.54, 1.807) is 18.2 Å². The summed E-state index contributed by atoms with van der Waals surface area (Å²) in [7, 11) is 0. The first-order valence-corrected chi connectivity index (χ1v) is 9.15. The zero-order valence-corrected chi connectivity index (χ0v) is 15.4. The lowest BCUT2D eigenvalue weighted by Gasteiger charge is -2.17. The van der Waals surface area contributed by atoms with Gasteiger partial charge in [0.15, 0.2) is 0 Å². The number of fused-ring (bicyclic) bond motifs is 2. The normalized spacial score (nSPS) is 14.5. The molecule has 0 saturated heterocycles. The van der Waals surface area contributed by atoms with E-state index in [4.69, 9.17) is 4.74 Å². The van der Waals surface area contributed by atoms with Crippen molar-refractivity contribution < 1.29 is 14.6 Å². The summed E-state index contributed by atoms with van der Waals surface area (Å²) in [5, 5.41) is 9.38. The van der Waals surface area contributed by atoms with Gasteiger partial charge in [0, 0.05) is 12.1 Å². The smallest absolute Gasteiger partial charge is 0.335 e. The number of nitrogens with zero attached hydrogens (tertiary/aromatic N) is 1. The molecule has 1 heterocycles. The summed E-state index contributed by atoms with van der Waals surface area (Å²) in [6.07, 6.45) is 3.12. The van der Waals surface area contributed by atoms with Gasteiger partial charge < -0.3 is 14.7 Å². The number of ether oxygens (including phenoxy) is 1. The molecule has 0 amide bonds. The summed E-state index contributed by atoms with van der Waals surface area (Å²) in [6.45, 7) is 7.86. The van der Waals surface area contributed by atoms with E-state index in [9.17, 15) is 9.90 Å². The summed E-state index contributed by atoms with van der Waals surface area (Å²) >= 11 is 0. The van der Waals surface area contributed by atoms with Gasteiger partial charge in [-0.3, -0.25) is 0 Å². The highest BCUT2D eigenvalue weighted by Gasteiger charge is 2.20. The van der Waals surface area contributed by atoms with E-state index in [-0.39, 0.29) is 5.56 Å². The van der Waals surface area contributed by atoms with E-state index in [1.165, 1.54) is 0 Å². The van der Waals surface area contributed by atoms with E-state index in [1.807, 2.05) is 12.1 Å². The monoisotopic (exact) mass is 351 g/mol. The third-order valence-corrected chi connectivity index (χ3v) is 4.90. The van der Waals surface area contributed by atoms with Crippen LogP contribution >= 0.6 is 0 Å². The van der Waals surface area contributed by atoms with E-state index >= 15 is 0 Å². The third kappa shape index (κ3) is 3.81. The van der Waals surface area contributed by atoms with Crippen LogP contribution in [-0.4, -0.2) is 35.6 Å². The lowest BCUT2D eigenvalue weighted by atomic mass is 9.92. The van der Waals surface area contributed by atoms with Crippen molar-refractivity contribution in [2.75, 3.05) is 19.6 Å². The number of rotatable bonds is 6. The molecule has 0 bridgehead atoms. The van der Waals surface area contributed by atoms with Crippen LogP contribution in [0.15, 0.2) is 48.5 Å². The van der Waals surface area contributed by atoms with Crippen LogP contribution in [0.4, 0.5) is 0 Å². The SMILES string of the molecule is CCN(CC)CC/C=C1/c2ccccc2COc2ccc(C(=O)O)cc21. The zero-order valence-electron chi connectivity index (χ0n) is 15.4. The highest BCUT2D eigenvalue weighted by Crippen LogP contribution is 2.37. The van der Waals surface area contributed by atoms with Gasteiger partial charge in [0.05, 0.1) is 5.56 Å². The Hall–Kier alpha value is -2.59. The lowest BCUT2D eigenvalue weighted by molar-refractivity contribution is 0.0697. The first kappa shape index (κ1) is 18.2. The van der Waals surface area contributed by atoms with Gasteiger partial charge in [0.25, 0.3) is 0 Å². The van der Waals surface area contributed by atoms with Crippen LogP contribution in [0.1, 0.15) is 47.3 Å². The van der Waals surface area contributed by atoms with Crippen molar-refractivity contribution in [3.05, 3.63) is 70.8 Å². The fourth-order valence-electron chi connectivity index (χ4n) is 3.36. The third-order valence-electron chi connectivity index (χ3n) is 4.90. The van der Waals surface area contributed by atoms with Crippen LogP contribution in [0.5, 0.6) is 5.75 Å². The molecule has 0 atom stereocenters. The van der Waals surface area contributed by atoms with Gasteiger partial charge in [0.2, 0.25) is 0 Å². The minimum atomic E-state index is -0.923. The molecule has 0 radical (unpaired) electrons. The Balaban J connectivity index is 2.05. The molecule has 4 nitrogen and oxygen atoms in total. The van der Waals surface area contributed by atoms with Gasteiger partial charge in [0.1, 0.15) is 12.4 Å². The Bertz CT molecular complexity index is 822. The van der Waals surface area contributed by atoms with Gasteiger partial charge in [-0.25, -0.2) is 4.79 Å². The van der Waals surface area contributed by atoms with Crippen molar-refractivity contribution >= 4 is 11.5 Å². The van der Waals surface area contributed by atoms with Crippen molar-refractivity contribution in [2.45, 2.75) is 26.9 Å². The van der Waals surface area contributed by atoms with Crippen LogP contribution in [0.25, 0.3) is 5.57 Å². The zero-order chi connectivity index (χ0) is 18.5. The van der Waals surface area contributed by atoms with Crippen LogP contribution in [0, 0.1) is 0 Å². The van der Waals surface area contributed by atoms with Crippen molar-refractivity contribution in [3.63, 3.8) is 0 Å². The fraction of sp³-hybridized carbons (Fsp3) is 0.318. The van der Waals surface area contributed by atoms with E-state index in [2.05, 4.69) is 37.0 Å². The fourth-order valence-corrected chi connectivity index (χ4v) is 3.36. The number of carboxylic acids is 1. The number of hydrogen-bond donors (Lipinski definition) is 1. The Morgan fingerprint density at radius 2 is 1.92 bits per heavy atom. The van der Waals surface area contributed by atoms with E-state index in [0.717, 1.165) is 54.1 Å². The maximum absolute atomic E-state index is 11.4. The highest BCUT2D eigenvalue weighted by atomic mass is 16.5. The second kappa shape index (κ2) is 8.19. The molecule has 0 aromatic heterocycles. The Labute approximate surface area is 154 Å². The molecule has 3 rings (SSSR count). The molecule has 1 aliphatic rings. The first-order valence-electron chi connectivity index (χ1n) is 9.15. The number of hydrogen-bond acceptors (Lipinski definition) is 3. The van der Waals surface area contributed by atoms with Crippen molar-refractivity contribution in [3.8, 4) is 5.75 Å². The molecule has 0 aliphatic carbocycles. The molecule has 0 saturated carbocycles. The molecular formula is C22H25NO3. The number of carbonyl (C=O) groups is 1.